The minimum Gasteiger partial charge on any atom is -0.409 e. The van der Waals surface area contributed by atoms with E-state index in [1.165, 1.54) is 11.1 Å². The fourth-order valence-corrected chi connectivity index (χ4v) is 1.73. The Morgan fingerprint density at radius 1 is 1.22 bits per heavy atom. The summed E-state index contributed by atoms with van der Waals surface area (Å²) in [6.45, 7) is 4.01. The van der Waals surface area contributed by atoms with Crippen molar-refractivity contribution in [2.45, 2.75) is 39.2 Å². The summed E-state index contributed by atoms with van der Waals surface area (Å²) in [7, 11) is 0. The second-order valence-corrected chi connectivity index (χ2v) is 4.40. The highest BCUT2D eigenvalue weighted by Crippen LogP contribution is 2.04. The molecule has 0 aliphatic carbocycles. The molecule has 0 unspecified atom stereocenters. The number of oxime groups is 1. The topological polar surface area (TPSA) is 70.6 Å². The normalized spacial score (nSPS) is 11.7. The van der Waals surface area contributed by atoms with E-state index in [0.717, 1.165) is 32.4 Å². The van der Waals surface area contributed by atoms with Crippen molar-refractivity contribution in [2.24, 2.45) is 10.9 Å². The van der Waals surface area contributed by atoms with Crippen LogP contribution in [0.2, 0.25) is 0 Å². The van der Waals surface area contributed by atoms with Gasteiger partial charge in [0.05, 0.1) is 0 Å². The Balaban J connectivity index is 2.10. The number of nitrogens with two attached hydrogens (primary N) is 1. The Morgan fingerprint density at radius 3 is 2.50 bits per heavy atom. The van der Waals surface area contributed by atoms with Crippen molar-refractivity contribution in [3.8, 4) is 0 Å². The standard InChI is InChI=1S/C14H23N3O/c1-2-12-6-8-13(9-7-12)11-16-10-4-3-5-14(15)17-18/h6-9,16,18H,2-5,10-11H2,1H3,(H2,15,17). The van der Waals surface area contributed by atoms with Gasteiger partial charge in [-0.05, 0) is 36.9 Å². The molecule has 4 heteroatoms. The number of benzene rings is 1. The van der Waals surface area contributed by atoms with Crippen LogP contribution in [-0.4, -0.2) is 17.6 Å². The molecule has 0 aliphatic heterocycles. The molecule has 0 radical (unpaired) electrons. The van der Waals surface area contributed by atoms with Crippen LogP contribution in [0.25, 0.3) is 0 Å². The zero-order chi connectivity index (χ0) is 13.2. The molecule has 0 fully saturated rings. The van der Waals surface area contributed by atoms with E-state index in [1.807, 2.05) is 0 Å². The number of hydrogen-bond donors (Lipinski definition) is 3. The highest BCUT2D eigenvalue weighted by Gasteiger charge is 1.95. The van der Waals surface area contributed by atoms with Gasteiger partial charge in [-0.3, -0.25) is 0 Å². The molecule has 4 N–H and O–H groups in total. The molecule has 1 rings (SSSR count). The van der Waals surface area contributed by atoms with Gasteiger partial charge in [0.1, 0.15) is 5.84 Å². The van der Waals surface area contributed by atoms with Crippen molar-refractivity contribution in [1.29, 1.82) is 0 Å². The number of nitrogens with zero attached hydrogens (tertiary/aromatic N) is 1. The van der Waals surface area contributed by atoms with Gasteiger partial charge in [-0.15, -0.1) is 0 Å². The molecule has 0 atom stereocenters. The average molecular weight is 249 g/mol. The fraction of sp³-hybridized carbons (Fsp3) is 0.500. The summed E-state index contributed by atoms with van der Waals surface area (Å²) in [6.07, 6.45) is 3.71. The molecule has 0 aliphatic rings. The van der Waals surface area contributed by atoms with Crippen LogP contribution in [0.3, 0.4) is 0 Å². The van der Waals surface area contributed by atoms with Crippen molar-refractivity contribution >= 4 is 5.84 Å². The largest absolute Gasteiger partial charge is 0.409 e. The van der Waals surface area contributed by atoms with Gasteiger partial charge in [-0.2, -0.15) is 0 Å². The van der Waals surface area contributed by atoms with Gasteiger partial charge in [-0.1, -0.05) is 36.3 Å². The summed E-state index contributed by atoms with van der Waals surface area (Å²) in [5.74, 6) is 0.310. The van der Waals surface area contributed by atoms with Crippen LogP contribution in [-0.2, 0) is 13.0 Å². The third-order valence-corrected chi connectivity index (χ3v) is 2.93. The minimum atomic E-state index is 0.310. The van der Waals surface area contributed by atoms with E-state index in [9.17, 15) is 0 Å². The summed E-state index contributed by atoms with van der Waals surface area (Å²) in [4.78, 5) is 0. The molecule has 0 bridgehead atoms. The number of nitrogens with one attached hydrogen (secondary N) is 1. The van der Waals surface area contributed by atoms with Crippen molar-refractivity contribution in [1.82, 2.24) is 5.32 Å². The molecule has 100 valence electrons. The van der Waals surface area contributed by atoms with Crippen LogP contribution >= 0.6 is 0 Å². The van der Waals surface area contributed by atoms with Crippen LogP contribution in [0.4, 0.5) is 0 Å². The van der Waals surface area contributed by atoms with Gasteiger partial charge in [0.2, 0.25) is 0 Å². The number of hydrogen-bond acceptors (Lipinski definition) is 3. The first-order chi connectivity index (χ1) is 8.76. The zero-order valence-corrected chi connectivity index (χ0v) is 11.0. The lowest BCUT2D eigenvalue weighted by Crippen LogP contribution is -2.16. The summed E-state index contributed by atoms with van der Waals surface area (Å²) < 4.78 is 0. The molecule has 1 aromatic rings. The predicted molar refractivity (Wildman–Crippen MR) is 74.8 cm³/mol. The van der Waals surface area contributed by atoms with Crippen molar-refractivity contribution in [3.63, 3.8) is 0 Å². The van der Waals surface area contributed by atoms with E-state index in [1.54, 1.807) is 0 Å². The molecule has 0 saturated carbocycles. The zero-order valence-electron chi connectivity index (χ0n) is 11.0. The second kappa shape index (κ2) is 8.53. The maximum absolute atomic E-state index is 8.38. The molecule has 18 heavy (non-hydrogen) atoms. The van der Waals surface area contributed by atoms with Crippen molar-refractivity contribution in [2.75, 3.05) is 6.54 Å². The smallest absolute Gasteiger partial charge is 0.139 e. The lowest BCUT2D eigenvalue weighted by molar-refractivity contribution is 0.316. The van der Waals surface area contributed by atoms with E-state index < -0.39 is 0 Å². The Labute approximate surface area is 109 Å². The molecule has 1 aromatic carbocycles. The van der Waals surface area contributed by atoms with E-state index in [0.29, 0.717) is 12.3 Å². The number of aryl methyl sites for hydroxylation is 1. The Bertz CT molecular complexity index is 360. The molecule has 0 heterocycles. The van der Waals surface area contributed by atoms with E-state index in [2.05, 4.69) is 41.7 Å². The fourth-order valence-electron chi connectivity index (χ4n) is 1.73. The van der Waals surface area contributed by atoms with Gasteiger partial charge in [-0.25, -0.2) is 0 Å². The Morgan fingerprint density at radius 2 is 1.89 bits per heavy atom. The summed E-state index contributed by atoms with van der Waals surface area (Å²) in [6, 6.07) is 8.69. The highest BCUT2D eigenvalue weighted by molar-refractivity contribution is 5.79. The highest BCUT2D eigenvalue weighted by atomic mass is 16.4. The second-order valence-electron chi connectivity index (χ2n) is 4.40. The van der Waals surface area contributed by atoms with Crippen LogP contribution in [0.1, 0.15) is 37.3 Å². The first kappa shape index (κ1) is 14.5. The molecule has 0 aromatic heterocycles. The van der Waals surface area contributed by atoms with E-state index in [4.69, 9.17) is 10.9 Å². The molecule has 4 nitrogen and oxygen atoms in total. The summed E-state index contributed by atoms with van der Waals surface area (Å²) in [5.41, 5.74) is 8.07. The van der Waals surface area contributed by atoms with Crippen LogP contribution in [0.15, 0.2) is 29.4 Å². The Hall–Kier alpha value is -1.55. The predicted octanol–water partition coefficient (Wildman–Crippen LogP) is 2.26. The first-order valence-electron chi connectivity index (χ1n) is 6.51. The maximum atomic E-state index is 8.38. The third kappa shape index (κ3) is 5.68. The molecule has 0 saturated heterocycles. The monoisotopic (exact) mass is 249 g/mol. The first-order valence-corrected chi connectivity index (χ1v) is 6.51. The van der Waals surface area contributed by atoms with Crippen molar-refractivity contribution < 1.29 is 5.21 Å². The van der Waals surface area contributed by atoms with Crippen LogP contribution in [0, 0.1) is 0 Å². The number of unbranched alkanes of at least 4 members (excludes halogenated alkanes) is 1. The minimum absolute atomic E-state index is 0.310. The van der Waals surface area contributed by atoms with Gasteiger partial charge in [0, 0.05) is 13.0 Å². The number of rotatable bonds is 8. The van der Waals surface area contributed by atoms with Gasteiger partial charge in [0.25, 0.3) is 0 Å². The molecule has 0 amide bonds. The van der Waals surface area contributed by atoms with E-state index >= 15 is 0 Å². The van der Waals surface area contributed by atoms with Crippen LogP contribution < -0.4 is 11.1 Å². The van der Waals surface area contributed by atoms with E-state index in [-0.39, 0.29) is 0 Å². The summed E-state index contributed by atoms with van der Waals surface area (Å²) >= 11 is 0. The SMILES string of the molecule is CCc1ccc(CNCCCC/C(N)=N/O)cc1. The molecule has 0 spiro atoms. The van der Waals surface area contributed by atoms with Crippen molar-refractivity contribution in [3.05, 3.63) is 35.4 Å². The number of amidine groups is 1. The van der Waals surface area contributed by atoms with Crippen LogP contribution in [0.5, 0.6) is 0 Å². The average Bonchev–Trinajstić information content (AvgIpc) is 2.43. The third-order valence-electron chi connectivity index (χ3n) is 2.93. The van der Waals surface area contributed by atoms with Gasteiger partial charge >= 0.3 is 0 Å². The lowest BCUT2D eigenvalue weighted by Gasteiger charge is -2.05. The molecular weight excluding hydrogens is 226 g/mol. The Kier molecular flexibility index (Phi) is 6.87. The maximum Gasteiger partial charge on any atom is 0.139 e. The quantitative estimate of drug-likeness (QED) is 0.217. The lowest BCUT2D eigenvalue weighted by atomic mass is 10.1. The molecular formula is C14H23N3O. The van der Waals surface area contributed by atoms with Gasteiger partial charge < -0.3 is 16.3 Å². The van der Waals surface area contributed by atoms with Gasteiger partial charge in [0.15, 0.2) is 0 Å². The summed E-state index contributed by atoms with van der Waals surface area (Å²) in [5, 5.41) is 14.7.